The van der Waals surface area contributed by atoms with Crippen molar-refractivity contribution in [2.75, 3.05) is 9.80 Å². The summed E-state index contributed by atoms with van der Waals surface area (Å²) in [7, 11) is 0. The summed E-state index contributed by atoms with van der Waals surface area (Å²) < 4.78 is 13.0. The van der Waals surface area contributed by atoms with E-state index < -0.39 is 0 Å². The molecule has 5 heterocycles. The van der Waals surface area contributed by atoms with E-state index in [4.69, 9.17) is 29.0 Å². The molecule has 0 aliphatic heterocycles. The summed E-state index contributed by atoms with van der Waals surface area (Å²) in [6, 6.07) is 71.9. The second kappa shape index (κ2) is 14.7. The third kappa shape index (κ3) is 5.81. The van der Waals surface area contributed by atoms with Crippen LogP contribution in [0.2, 0.25) is 0 Å². The molecule has 0 unspecified atom stereocenters. The van der Waals surface area contributed by atoms with Gasteiger partial charge in [0.1, 0.15) is 38.5 Å². The van der Waals surface area contributed by atoms with Gasteiger partial charge in [-0.1, -0.05) is 145 Å². The van der Waals surface area contributed by atoms with Crippen LogP contribution in [0.15, 0.2) is 215 Å². The van der Waals surface area contributed by atoms with Crippen molar-refractivity contribution in [3.63, 3.8) is 0 Å². The van der Waals surface area contributed by atoms with E-state index in [0.717, 1.165) is 131 Å². The summed E-state index contributed by atoms with van der Waals surface area (Å²) in [4.78, 5) is 16.8. The van der Waals surface area contributed by atoms with Gasteiger partial charge in [0, 0.05) is 60.6 Å². The highest BCUT2D eigenvalue weighted by Crippen LogP contribution is 2.48. The van der Waals surface area contributed by atoms with Crippen LogP contribution in [0.3, 0.4) is 0 Å². The molecule has 0 saturated carbocycles. The SMILES string of the molecule is c1ccc2c(N(c3ccc4c(c3)oc3ccccc34)c3ccc4c(n3)sc3nc(N(c5ccc6c(c5)oc5ccccc56)c5c6ccccc6cc6ccccc56)nnc34)c3ccccc3cc2c1. The Morgan fingerprint density at radius 1 is 0.333 bits per heavy atom. The lowest BCUT2D eigenvalue weighted by atomic mass is 9.99. The molecule has 0 aliphatic carbocycles. The number of benzene rings is 10. The molecule has 0 radical (unpaired) electrons. The van der Waals surface area contributed by atoms with E-state index in [1.807, 2.05) is 30.3 Å². The molecule has 0 spiro atoms. The lowest BCUT2D eigenvalue weighted by Gasteiger charge is -2.27. The minimum absolute atomic E-state index is 0.439. The van der Waals surface area contributed by atoms with Crippen molar-refractivity contribution >= 4 is 153 Å². The van der Waals surface area contributed by atoms with Gasteiger partial charge in [-0.3, -0.25) is 9.80 Å². The van der Waals surface area contributed by atoms with Gasteiger partial charge in [-0.15, -0.1) is 10.2 Å². The number of pyridine rings is 1. The number of fused-ring (bicyclic) bond motifs is 13. The standard InChI is InChI=1S/C60H34N6O2S/c1-5-17-41-35(13-1)31-36-14-2-6-18-42(36)56(41)65(39-25-27-47-45-21-9-11-23-50(45)67-52(47)33-39)54-30-29-49-55-59(69-58(49)61-54)62-60(64-63-55)66(40-26-28-48-46-22-10-12-24-51(46)68-53(48)34-40)57-43-19-7-3-15-37(43)32-38-16-4-8-20-44(38)57/h1-34H. The van der Waals surface area contributed by atoms with Gasteiger partial charge in [-0.25, -0.2) is 4.98 Å². The van der Waals surface area contributed by atoms with Gasteiger partial charge >= 0.3 is 0 Å². The van der Waals surface area contributed by atoms with E-state index >= 15 is 0 Å². The van der Waals surface area contributed by atoms with Crippen molar-refractivity contribution in [3.05, 3.63) is 206 Å². The van der Waals surface area contributed by atoms with E-state index in [0.29, 0.717) is 11.5 Å². The number of rotatable bonds is 6. The molecule has 69 heavy (non-hydrogen) atoms. The molecule has 0 bridgehead atoms. The fourth-order valence-corrected chi connectivity index (χ4v) is 11.4. The molecule has 10 aromatic carbocycles. The van der Waals surface area contributed by atoms with Crippen LogP contribution in [0.5, 0.6) is 0 Å². The van der Waals surface area contributed by atoms with E-state index in [2.05, 4.69) is 186 Å². The monoisotopic (exact) mass is 902 g/mol. The second-order valence-corrected chi connectivity index (χ2v) is 18.4. The number of para-hydroxylation sites is 2. The fourth-order valence-electron chi connectivity index (χ4n) is 10.4. The molecule has 8 nitrogen and oxygen atoms in total. The van der Waals surface area contributed by atoms with Gasteiger partial charge in [0.05, 0.1) is 22.7 Å². The minimum Gasteiger partial charge on any atom is -0.456 e. The van der Waals surface area contributed by atoms with Crippen LogP contribution in [-0.2, 0) is 0 Å². The molecular weight excluding hydrogens is 869 g/mol. The maximum atomic E-state index is 6.50. The summed E-state index contributed by atoms with van der Waals surface area (Å²) in [5.74, 6) is 1.19. The molecule has 5 aromatic heterocycles. The number of hydrogen-bond acceptors (Lipinski definition) is 9. The van der Waals surface area contributed by atoms with Crippen LogP contribution in [-0.4, -0.2) is 20.2 Å². The summed E-state index contributed by atoms with van der Waals surface area (Å²) in [6.45, 7) is 0. The molecule has 15 aromatic rings. The first-order valence-corrected chi connectivity index (χ1v) is 23.7. The Morgan fingerprint density at radius 3 is 1.30 bits per heavy atom. The summed E-state index contributed by atoms with van der Waals surface area (Å²) in [5.41, 5.74) is 7.74. The molecular formula is C60H34N6O2S. The van der Waals surface area contributed by atoms with Crippen LogP contribution in [0, 0.1) is 0 Å². The second-order valence-electron chi connectivity index (χ2n) is 17.5. The first-order chi connectivity index (χ1) is 34.2. The average molecular weight is 903 g/mol. The molecule has 0 amide bonds. The van der Waals surface area contributed by atoms with Gasteiger partial charge in [0.25, 0.3) is 5.95 Å². The molecule has 0 aliphatic rings. The zero-order valence-corrected chi connectivity index (χ0v) is 37.4. The van der Waals surface area contributed by atoms with Crippen molar-refractivity contribution in [1.82, 2.24) is 20.2 Å². The summed E-state index contributed by atoms with van der Waals surface area (Å²) >= 11 is 1.52. The number of nitrogens with zero attached hydrogens (tertiary/aromatic N) is 6. The number of hydrogen-bond donors (Lipinski definition) is 0. The van der Waals surface area contributed by atoms with E-state index in [1.165, 1.54) is 11.3 Å². The maximum Gasteiger partial charge on any atom is 0.255 e. The maximum absolute atomic E-state index is 6.50. The lowest BCUT2D eigenvalue weighted by molar-refractivity contribution is 0.668. The van der Waals surface area contributed by atoms with E-state index in [9.17, 15) is 0 Å². The quantitative estimate of drug-likeness (QED) is 0.153. The largest absolute Gasteiger partial charge is 0.456 e. The lowest BCUT2D eigenvalue weighted by Crippen LogP contribution is -2.15. The van der Waals surface area contributed by atoms with Crippen LogP contribution in [0.1, 0.15) is 0 Å². The zero-order chi connectivity index (χ0) is 45.2. The van der Waals surface area contributed by atoms with E-state index in [-0.39, 0.29) is 0 Å². The molecule has 322 valence electrons. The first kappa shape index (κ1) is 38.0. The van der Waals surface area contributed by atoms with Crippen LogP contribution in [0.4, 0.5) is 34.5 Å². The average Bonchev–Trinajstić information content (AvgIpc) is 4.09. The fraction of sp³-hybridized carbons (Fsp3) is 0. The molecule has 0 N–H and O–H groups in total. The minimum atomic E-state index is 0.439. The Balaban J connectivity index is 0.949. The van der Waals surface area contributed by atoms with Crippen molar-refractivity contribution in [2.24, 2.45) is 0 Å². The normalized spacial score (nSPS) is 12.1. The smallest absolute Gasteiger partial charge is 0.255 e. The number of thiophene rings is 1. The Morgan fingerprint density at radius 2 is 0.768 bits per heavy atom. The van der Waals surface area contributed by atoms with Gasteiger partial charge in [-0.2, -0.15) is 4.98 Å². The number of furan rings is 2. The number of aromatic nitrogens is 4. The number of anilines is 6. The van der Waals surface area contributed by atoms with Gasteiger partial charge in [0.2, 0.25) is 0 Å². The Kier molecular flexibility index (Phi) is 8.07. The predicted molar refractivity (Wildman–Crippen MR) is 284 cm³/mol. The topological polar surface area (TPSA) is 84.3 Å². The van der Waals surface area contributed by atoms with Crippen LogP contribution >= 0.6 is 11.3 Å². The molecule has 0 atom stereocenters. The van der Waals surface area contributed by atoms with Gasteiger partial charge in [0.15, 0.2) is 4.83 Å². The van der Waals surface area contributed by atoms with Crippen molar-refractivity contribution < 1.29 is 8.83 Å². The highest BCUT2D eigenvalue weighted by atomic mass is 32.1. The van der Waals surface area contributed by atoms with Crippen molar-refractivity contribution in [2.45, 2.75) is 0 Å². The first-order valence-electron chi connectivity index (χ1n) is 22.9. The molecule has 0 saturated heterocycles. The Hall–Kier alpha value is -9.18. The highest BCUT2D eigenvalue weighted by Gasteiger charge is 2.26. The van der Waals surface area contributed by atoms with E-state index in [1.54, 1.807) is 0 Å². The highest BCUT2D eigenvalue weighted by molar-refractivity contribution is 7.25. The predicted octanol–water partition coefficient (Wildman–Crippen LogP) is 17.0. The zero-order valence-electron chi connectivity index (χ0n) is 36.5. The third-order valence-electron chi connectivity index (χ3n) is 13.5. The van der Waals surface area contributed by atoms with Crippen LogP contribution in [0.25, 0.3) is 108 Å². The van der Waals surface area contributed by atoms with Crippen molar-refractivity contribution in [3.8, 4) is 0 Å². The summed E-state index contributed by atoms with van der Waals surface area (Å²) in [5, 5.41) is 24.0. The molecule has 15 rings (SSSR count). The Bertz CT molecular complexity index is 4210. The summed E-state index contributed by atoms with van der Waals surface area (Å²) in [6.07, 6.45) is 0. The van der Waals surface area contributed by atoms with Gasteiger partial charge in [-0.05, 0) is 82.2 Å². The van der Waals surface area contributed by atoms with Crippen molar-refractivity contribution in [1.29, 1.82) is 0 Å². The van der Waals surface area contributed by atoms with Crippen LogP contribution < -0.4 is 9.80 Å². The molecule has 0 fully saturated rings. The van der Waals surface area contributed by atoms with Gasteiger partial charge < -0.3 is 8.83 Å². The Labute approximate surface area is 396 Å². The third-order valence-corrected chi connectivity index (χ3v) is 14.5. The molecule has 9 heteroatoms.